The average molecular weight is 429 g/mol. The van der Waals surface area contributed by atoms with Gasteiger partial charge in [-0.05, 0) is 118 Å². The molecule has 6 saturated carbocycles. The summed E-state index contributed by atoms with van der Waals surface area (Å²) in [5, 5.41) is 0. The lowest BCUT2D eigenvalue weighted by atomic mass is 9.60. The van der Waals surface area contributed by atoms with Gasteiger partial charge in [-0.3, -0.25) is 4.79 Å². The van der Waals surface area contributed by atoms with E-state index in [9.17, 15) is 4.79 Å². The number of carbonyl (C=O) groups excluding carboxylic acids is 1. The van der Waals surface area contributed by atoms with Crippen LogP contribution in [0, 0.1) is 39.9 Å². The Hall–Kier alpha value is -0.370. The number of ketones is 1. The van der Waals surface area contributed by atoms with Crippen molar-refractivity contribution in [1.29, 1.82) is 0 Å². The number of hydrogen-bond donors (Lipinski definition) is 0. The van der Waals surface area contributed by atoms with E-state index in [1.165, 1.54) is 77.0 Å². The summed E-state index contributed by atoms with van der Waals surface area (Å²) in [6, 6.07) is 0. The SMILES string of the molecule is CC1(C)C[C@H]2CCCC[C@](C)(C2)C[C@](C)(OCC(=O)C23CCC4CC(CC(C4)C2)C3)C1. The van der Waals surface area contributed by atoms with Crippen molar-refractivity contribution >= 4 is 5.78 Å². The summed E-state index contributed by atoms with van der Waals surface area (Å²) in [6.07, 6.45) is 19.4. The Morgan fingerprint density at radius 3 is 2.23 bits per heavy atom. The van der Waals surface area contributed by atoms with Crippen molar-refractivity contribution in [1.82, 2.24) is 0 Å². The van der Waals surface area contributed by atoms with Crippen LogP contribution in [0.3, 0.4) is 0 Å². The summed E-state index contributed by atoms with van der Waals surface area (Å²) in [5.41, 5.74) is 0.476. The molecule has 6 rings (SSSR count). The van der Waals surface area contributed by atoms with Crippen LogP contribution >= 0.6 is 0 Å². The van der Waals surface area contributed by atoms with Gasteiger partial charge >= 0.3 is 0 Å². The third-order valence-corrected chi connectivity index (χ3v) is 10.5. The first-order valence-electron chi connectivity index (χ1n) is 13.7. The van der Waals surface area contributed by atoms with Crippen molar-refractivity contribution in [3.05, 3.63) is 0 Å². The molecule has 2 unspecified atom stereocenters. The molecule has 0 spiro atoms. The van der Waals surface area contributed by atoms with Gasteiger partial charge in [-0.1, -0.05) is 40.0 Å². The zero-order valence-electron chi connectivity index (χ0n) is 20.9. The van der Waals surface area contributed by atoms with E-state index in [1.54, 1.807) is 0 Å². The van der Waals surface area contributed by atoms with Gasteiger partial charge in [0.05, 0.1) is 5.60 Å². The highest BCUT2D eigenvalue weighted by Crippen LogP contribution is 2.58. The van der Waals surface area contributed by atoms with Gasteiger partial charge in [0.1, 0.15) is 6.61 Å². The van der Waals surface area contributed by atoms with E-state index >= 15 is 0 Å². The summed E-state index contributed by atoms with van der Waals surface area (Å²) in [7, 11) is 0. The molecule has 6 bridgehead atoms. The van der Waals surface area contributed by atoms with Crippen molar-refractivity contribution < 1.29 is 9.53 Å². The normalized spacial score (nSPS) is 49.0. The van der Waals surface area contributed by atoms with Gasteiger partial charge in [0.2, 0.25) is 0 Å². The van der Waals surface area contributed by atoms with Crippen molar-refractivity contribution in [2.75, 3.05) is 6.61 Å². The first-order valence-corrected chi connectivity index (χ1v) is 13.7. The first kappa shape index (κ1) is 22.4. The van der Waals surface area contributed by atoms with Crippen LogP contribution in [0.15, 0.2) is 0 Å². The second-order valence-electron chi connectivity index (χ2n) is 14.5. The molecular weight excluding hydrogens is 380 g/mol. The van der Waals surface area contributed by atoms with Gasteiger partial charge in [-0.15, -0.1) is 0 Å². The molecule has 31 heavy (non-hydrogen) atoms. The Labute approximate surface area is 191 Å². The third-order valence-electron chi connectivity index (χ3n) is 10.5. The lowest BCUT2D eigenvalue weighted by Gasteiger charge is -2.48. The van der Waals surface area contributed by atoms with Crippen LogP contribution in [-0.2, 0) is 9.53 Å². The summed E-state index contributed by atoms with van der Waals surface area (Å²) in [6.45, 7) is 10.1. The maximum absolute atomic E-state index is 13.8. The Morgan fingerprint density at radius 1 is 0.774 bits per heavy atom. The van der Waals surface area contributed by atoms with Gasteiger partial charge in [0.15, 0.2) is 5.78 Å². The molecule has 6 aliphatic carbocycles. The van der Waals surface area contributed by atoms with E-state index in [2.05, 4.69) is 27.7 Å². The molecule has 0 amide bonds. The van der Waals surface area contributed by atoms with Crippen LogP contribution in [0.1, 0.15) is 124 Å². The first-order chi connectivity index (χ1) is 14.6. The molecule has 0 radical (unpaired) electrons. The van der Waals surface area contributed by atoms with Crippen molar-refractivity contribution in [2.45, 2.75) is 130 Å². The molecule has 0 saturated heterocycles. The lowest BCUT2D eigenvalue weighted by Crippen LogP contribution is -2.46. The second-order valence-corrected chi connectivity index (χ2v) is 14.5. The minimum absolute atomic E-state index is 0.0381. The zero-order chi connectivity index (χ0) is 21.9. The van der Waals surface area contributed by atoms with Crippen molar-refractivity contribution in [3.8, 4) is 0 Å². The Bertz CT molecular complexity index is 681. The number of rotatable bonds is 4. The second kappa shape index (κ2) is 7.85. The summed E-state index contributed by atoms with van der Waals surface area (Å²) in [4.78, 5) is 13.8. The summed E-state index contributed by atoms with van der Waals surface area (Å²) < 4.78 is 6.78. The van der Waals surface area contributed by atoms with E-state index in [0.29, 0.717) is 23.2 Å². The number of ether oxygens (including phenoxy) is 1. The van der Waals surface area contributed by atoms with Crippen LogP contribution in [0.2, 0.25) is 0 Å². The number of Topliss-reactive ketones (excluding diaryl/α,β-unsaturated/α-hetero) is 1. The molecule has 2 heteroatoms. The lowest BCUT2D eigenvalue weighted by molar-refractivity contribution is -0.152. The molecule has 0 aromatic heterocycles. The highest BCUT2D eigenvalue weighted by molar-refractivity contribution is 5.86. The molecule has 176 valence electrons. The monoisotopic (exact) mass is 428 g/mol. The summed E-state index contributed by atoms with van der Waals surface area (Å²) in [5.74, 6) is 3.90. The molecule has 2 nitrogen and oxygen atoms in total. The maximum atomic E-state index is 13.8. The third kappa shape index (κ3) is 4.67. The minimum atomic E-state index is -0.166. The maximum Gasteiger partial charge on any atom is 0.164 e. The van der Waals surface area contributed by atoms with E-state index in [1.807, 2.05) is 0 Å². The van der Waals surface area contributed by atoms with Gasteiger partial charge in [-0.2, -0.15) is 0 Å². The standard InChI is InChI=1S/C29H48O2/c1-26(2)14-22-7-5-6-9-27(3,15-22)20-28(4,19-26)31-18-25(30)29-10-8-21-11-23(16-29)13-24(12-21)17-29/h21-24H,5-20H2,1-4H3/t21?,22-,23?,24?,27-,28-,29?/m1/s1. The molecular formula is C29H48O2. The fourth-order valence-electron chi connectivity index (χ4n) is 10.1. The molecule has 6 aliphatic rings. The molecule has 0 aliphatic heterocycles. The van der Waals surface area contributed by atoms with Crippen LogP contribution in [0.5, 0.6) is 0 Å². The fraction of sp³-hybridized carbons (Fsp3) is 0.966. The van der Waals surface area contributed by atoms with Gasteiger partial charge in [-0.25, -0.2) is 0 Å². The van der Waals surface area contributed by atoms with Crippen LogP contribution in [0.25, 0.3) is 0 Å². The van der Waals surface area contributed by atoms with Gasteiger partial charge in [0, 0.05) is 5.41 Å². The van der Waals surface area contributed by atoms with Crippen LogP contribution in [0.4, 0.5) is 0 Å². The Kier molecular flexibility index (Phi) is 5.68. The molecule has 6 fully saturated rings. The smallest absolute Gasteiger partial charge is 0.164 e. The van der Waals surface area contributed by atoms with Crippen LogP contribution in [-0.4, -0.2) is 18.0 Å². The summed E-state index contributed by atoms with van der Waals surface area (Å²) >= 11 is 0. The largest absolute Gasteiger partial charge is 0.367 e. The number of fused-ring (bicyclic) bond motifs is 3. The van der Waals surface area contributed by atoms with Crippen molar-refractivity contribution in [3.63, 3.8) is 0 Å². The molecule has 5 atom stereocenters. The van der Waals surface area contributed by atoms with Crippen LogP contribution < -0.4 is 0 Å². The van der Waals surface area contributed by atoms with Gasteiger partial charge in [0.25, 0.3) is 0 Å². The highest BCUT2D eigenvalue weighted by Gasteiger charge is 2.52. The fourth-order valence-corrected chi connectivity index (χ4v) is 10.1. The Balaban J connectivity index is 1.31. The average Bonchev–Trinajstić information content (AvgIpc) is 2.96. The predicted octanol–water partition coefficient (Wildman–Crippen LogP) is 7.73. The molecule has 0 aromatic rings. The predicted molar refractivity (Wildman–Crippen MR) is 127 cm³/mol. The van der Waals surface area contributed by atoms with E-state index < -0.39 is 0 Å². The minimum Gasteiger partial charge on any atom is -0.367 e. The number of hydrogen-bond acceptors (Lipinski definition) is 2. The van der Waals surface area contributed by atoms with Crippen molar-refractivity contribution in [2.24, 2.45) is 39.9 Å². The van der Waals surface area contributed by atoms with E-state index in [0.717, 1.165) is 42.9 Å². The number of carbonyl (C=O) groups is 1. The molecule has 0 N–H and O–H groups in total. The molecule has 0 heterocycles. The van der Waals surface area contributed by atoms with Gasteiger partial charge < -0.3 is 4.74 Å². The topological polar surface area (TPSA) is 26.3 Å². The quantitative estimate of drug-likeness (QED) is 0.458. The molecule has 0 aromatic carbocycles. The zero-order valence-corrected chi connectivity index (χ0v) is 20.9. The van der Waals surface area contributed by atoms with E-state index in [-0.39, 0.29) is 11.0 Å². The van der Waals surface area contributed by atoms with E-state index in [4.69, 9.17) is 4.74 Å². The highest BCUT2D eigenvalue weighted by atomic mass is 16.5. The Morgan fingerprint density at radius 2 is 1.48 bits per heavy atom.